The number of aromatic nitrogens is 1. The number of anilines is 2. The fraction of sp³-hybridized carbons (Fsp3) is 0.0909. The zero-order valence-corrected chi connectivity index (χ0v) is 25.9. The molecule has 2 N–H and O–H groups in total. The van der Waals surface area contributed by atoms with Crippen molar-refractivity contribution in [2.45, 2.75) is 25.0 Å². The van der Waals surface area contributed by atoms with Crippen LogP contribution in [0.2, 0.25) is 0 Å². The molecule has 7 aromatic carbocycles. The molecule has 2 unspecified atom stereocenters. The third kappa shape index (κ3) is 4.13. The molecule has 0 amide bonds. The molecule has 2 atom stereocenters. The molecule has 0 fully saturated rings. The first-order valence-corrected chi connectivity index (χ1v) is 16.7. The largest absolute Gasteiger partial charge is 0.373 e. The van der Waals surface area contributed by atoms with E-state index in [4.69, 9.17) is 0 Å². The molecule has 3 heteroatoms. The highest BCUT2D eigenvalue weighted by Gasteiger charge is 2.33. The van der Waals surface area contributed by atoms with Crippen molar-refractivity contribution >= 4 is 60.8 Å². The Labute approximate surface area is 273 Å². The van der Waals surface area contributed by atoms with Gasteiger partial charge in [0.25, 0.3) is 0 Å². The Balaban J connectivity index is 1.17. The van der Waals surface area contributed by atoms with E-state index in [1.54, 1.807) is 0 Å². The van der Waals surface area contributed by atoms with Crippen LogP contribution in [0.3, 0.4) is 0 Å². The number of nitrogens with zero attached hydrogens (tertiary/aromatic N) is 1. The molecule has 0 saturated heterocycles. The summed E-state index contributed by atoms with van der Waals surface area (Å²) in [5, 5.41) is 15.9. The average Bonchev–Trinajstić information content (AvgIpc) is 3.49. The van der Waals surface area contributed by atoms with Crippen LogP contribution in [0, 0.1) is 0 Å². The number of aryl methyl sites for hydroxylation is 1. The number of nitrogens with one attached hydrogen (secondary N) is 2. The van der Waals surface area contributed by atoms with E-state index in [1.165, 1.54) is 71.2 Å². The highest BCUT2D eigenvalue weighted by atomic mass is 15.3. The van der Waals surface area contributed by atoms with Crippen LogP contribution in [0.4, 0.5) is 11.4 Å². The molecule has 224 valence electrons. The lowest BCUT2D eigenvalue weighted by molar-refractivity contribution is 0.506. The van der Waals surface area contributed by atoms with Crippen LogP contribution >= 0.6 is 0 Å². The molecule has 47 heavy (non-hydrogen) atoms. The Bertz CT molecular complexity index is 2540. The molecule has 2 heterocycles. The minimum atomic E-state index is -0.0604. The molecule has 1 aliphatic heterocycles. The second-order valence-corrected chi connectivity index (χ2v) is 13.0. The number of hydrogen-bond acceptors (Lipinski definition) is 2. The third-order valence-electron chi connectivity index (χ3n) is 10.3. The molecule has 0 saturated carbocycles. The van der Waals surface area contributed by atoms with Gasteiger partial charge in [-0.1, -0.05) is 121 Å². The second-order valence-electron chi connectivity index (χ2n) is 13.0. The van der Waals surface area contributed by atoms with Gasteiger partial charge in [0.1, 0.15) is 6.17 Å². The summed E-state index contributed by atoms with van der Waals surface area (Å²) in [5.74, 6) is 0. The molecule has 8 aromatic rings. The van der Waals surface area contributed by atoms with E-state index in [-0.39, 0.29) is 12.2 Å². The number of benzene rings is 7. The van der Waals surface area contributed by atoms with Crippen LogP contribution in [0.25, 0.3) is 60.6 Å². The van der Waals surface area contributed by atoms with Crippen LogP contribution in [-0.4, -0.2) is 4.57 Å². The lowest BCUT2D eigenvalue weighted by Gasteiger charge is -2.38. The van der Waals surface area contributed by atoms with Crippen LogP contribution in [-0.2, 0) is 6.42 Å². The summed E-state index contributed by atoms with van der Waals surface area (Å²) < 4.78 is 2.57. The molecule has 10 rings (SSSR count). The molecule has 3 nitrogen and oxygen atoms in total. The maximum absolute atomic E-state index is 4.01. The summed E-state index contributed by atoms with van der Waals surface area (Å²) >= 11 is 0. The molecule has 0 spiro atoms. The molecule has 1 aliphatic carbocycles. The maximum atomic E-state index is 4.01. The molecule has 0 bridgehead atoms. The van der Waals surface area contributed by atoms with Gasteiger partial charge in [0.2, 0.25) is 0 Å². The Hall–Kier alpha value is -5.80. The number of allylic oxidation sites excluding steroid dienone is 1. The predicted octanol–water partition coefficient (Wildman–Crippen LogP) is 11.5. The molecule has 1 aromatic heterocycles. The van der Waals surface area contributed by atoms with E-state index in [9.17, 15) is 0 Å². The topological polar surface area (TPSA) is 29.0 Å². The van der Waals surface area contributed by atoms with Crippen LogP contribution in [0.15, 0.2) is 146 Å². The van der Waals surface area contributed by atoms with Crippen molar-refractivity contribution in [3.05, 3.63) is 162 Å². The van der Waals surface area contributed by atoms with Gasteiger partial charge in [0.15, 0.2) is 0 Å². The molecule has 2 aliphatic rings. The van der Waals surface area contributed by atoms with Crippen molar-refractivity contribution in [2.24, 2.45) is 0 Å². The van der Waals surface area contributed by atoms with E-state index in [0.717, 1.165) is 24.2 Å². The average molecular weight is 604 g/mol. The number of fused-ring (bicyclic) bond motifs is 9. The minimum absolute atomic E-state index is 0.00301. The van der Waals surface area contributed by atoms with E-state index in [1.807, 2.05) is 0 Å². The van der Waals surface area contributed by atoms with Gasteiger partial charge in [-0.25, -0.2) is 0 Å². The Morgan fingerprint density at radius 1 is 0.553 bits per heavy atom. The number of hydrogen-bond donors (Lipinski definition) is 2. The maximum Gasteiger partial charge on any atom is 0.129 e. The van der Waals surface area contributed by atoms with Crippen LogP contribution in [0.5, 0.6) is 0 Å². The Kier molecular flexibility index (Phi) is 5.83. The third-order valence-corrected chi connectivity index (χ3v) is 10.3. The van der Waals surface area contributed by atoms with Gasteiger partial charge in [0, 0.05) is 10.8 Å². The lowest BCUT2D eigenvalue weighted by Crippen LogP contribution is -2.34. The first-order chi connectivity index (χ1) is 23.3. The quantitative estimate of drug-likeness (QED) is 0.210. The van der Waals surface area contributed by atoms with Gasteiger partial charge < -0.3 is 15.2 Å². The summed E-state index contributed by atoms with van der Waals surface area (Å²) in [6.07, 6.45) is 6.70. The zero-order chi connectivity index (χ0) is 30.9. The summed E-state index contributed by atoms with van der Waals surface area (Å²) in [5.41, 5.74) is 11.3. The van der Waals surface area contributed by atoms with Gasteiger partial charge in [0.05, 0.1) is 28.5 Å². The predicted molar refractivity (Wildman–Crippen MR) is 199 cm³/mol. The van der Waals surface area contributed by atoms with Crippen molar-refractivity contribution < 1.29 is 0 Å². The van der Waals surface area contributed by atoms with E-state index >= 15 is 0 Å². The van der Waals surface area contributed by atoms with Crippen molar-refractivity contribution in [1.82, 2.24) is 4.57 Å². The van der Waals surface area contributed by atoms with Crippen molar-refractivity contribution in [3.63, 3.8) is 0 Å². The number of rotatable bonds is 3. The SMILES string of the molecule is C1=Cc2ccc3c(c2CC1)c1c2ccccc2ccc1n3C1Nc2ccccc2NC1c1ccc(-c2ccc3ccccc3c2)cc1. The van der Waals surface area contributed by atoms with Gasteiger partial charge in [-0.05, 0) is 92.5 Å². The minimum Gasteiger partial charge on any atom is -0.373 e. The van der Waals surface area contributed by atoms with Gasteiger partial charge in [-0.3, -0.25) is 0 Å². The second kappa shape index (κ2) is 10.4. The van der Waals surface area contributed by atoms with Crippen molar-refractivity contribution in [1.29, 1.82) is 0 Å². The standard InChI is InChI=1S/C44H33N3/c1-2-12-33-27-34(22-19-28(33)9-1)29-17-20-32(21-18-29)43-44(46-38-16-8-7-15-37(38)45-43)47-39-25-23-30-10-3-5-13-35(30)41(39)42-36-14-6-4-11-31(36)24-26-40(42)47/h1-5,7-13,15-27,43-46H,6,14H2. The Morgan fingerprint density at radius 2 is 1.23 bits per heavy atom. The number of para-hydroxylation sites is 2. The summed E-state index contributed by atoms with van der Waals surface area (Å²) in [6, 6.07) is 51.2. The molecular weight excluding hydrogens is 571 g/mol. The summed E-state index contributed by atoms with van der Waals surface area (Å²) in [7, 11) is 0. The van der Waals surface area contributed by atoms with Crippen LogP contribution < -0.4 is 10.6 Å². The molecular formula is C44H33N3. The molecule has 0 radical (unpaired) electrons. The fourth-order valence-electron chi connectivity index (χ4n) is 8.10. The van der Waals surface area contributed by atoms with Crippen molar-refractivity contribution in [2.75, 3.05) is 10.6 Å². The normalized spacial score (nSPS) is 17.0. The van der Waals surface area contributed by atoms with E-state index in [2.05, 4.69) is 167 Å². The lowest BCUT2D eigenvalue weighted by atomic mass is 9.91. The highest BCUT2D eigenvalue weighted by Crippen LogP contribution is 2.46. The van der Waals surface area contributed by atoms with Gasteiger partial charge in [-0.2, -0.15) is 0 Å². The van der Waals surface area contributed by atoms with E-state index in [0.29, 0.717) is 0 Å². The first-order valence-electron chi connectivity index (χ1n) is 16.7. The van der Waals surface area contributed by atoms with Crippen LogP contribution in [0.1, 0.15) is 35.3 Å². The van der Waals surface area contributed by atoms with E-state index < -0.39 is 0 Å². The fourth-order valence-corrected chi connectivity index (χ4v) is 8.10. The smallest absolute Gasteiger partial charge is 0.129 e. The zero-order valence-electron chi connectivity index (χ0n) is 25.9. The van der Waals surface area contributed by atoms with Gasteiger partial charge >= 0.3 is 0 Å². The monoisotopic (exact) mass is 603 g/mol. The Morgan fingerprint density at radius 3 is 2.11 bits per heavy atom. The highest BCUT2D eigenvalue weighted by molar-refractivity contribution is 6.22. The van der Waals surface area contributed by atoms with Crippen molar-refractivity contribution in [3.8, 4) is 11.1 Å². The summed E-state index contributed by atoms with van der Waals surface area (Å²) in [4.78, 5) is 0. The van der Waals surface area contributed by atoms with Gasteiger partial charge in [-0.15, -0.1) is 0 Å². The summed E-state index contributed by atoms with van der Waals surface area (Å²) in [6.45, 7) is 0. The first kappa shape index (κ1) is 26.4.